The summed E-state index contributed by atoms with van der Waals surface area (Å²) in [6, 6.07) is 4.00. The molecule has 1 aliphatic rings. The number of hydrogen-bond acceptors (Lipinski definition) is 6. The van der Waals surface area contributed by atoms with Gasteiger partial charge >= 0.3 is 0 Å². The van der Waals surface area contributed by atoms with Crippen molar-refractivity contribution in [2.24, 2.45) is 0 Å². The highest BCUT2D eigenvalue weighted by Crippen LogP contribution is 2.21. The van der Waals surface area contributed by atoms with Gasteiger partial charge in [0.1, 0.15) is 11.2 Å². The Hall–Kier alpha value is -2.42. The van der Waals surface area contributed by atoms with Crippen molar-refractivity contribution in [2.45, 2.75) is 26.3 Å². The topological polar surface area (TPSA) is 82.9 Å². The van der Waals surface area contributed by atoms with Gasteiger partial charge in [-0.15, -0.1) is 0 Å². The highest BCUT2D eigenvalue weighted by molar-refractivity contribution is 9.10. The van der Waals surface area contributed by atoms with Gasteiger partial charge in [0, 0.05) is 36.8 Å². The lowest BCUT2D eigenvalue weighted by Crippen LogP contribution is -2.47. The molecule has 0 radical (unpaired) electrons. The van der Waals surface area contributed by atoms with Crippen LogP contribution in [-0.4, -0.2) is 50.9 Å². The highest BCUT2D eigenvalue weighted by atomic mass is 79.9. The number of H-pyrrole nitrogens is 1. The first kappa shape index (κ1) is 18.0. The molecule has 3 aromatic rings. The number of rotatable bonds is 2. The van der Waals surface area contributed by atoms with Crippen LogP contribution in [-0.2, 0) is 5.54 Å². The molecule has 0 atom stereocenters. The number of nitrogens with one attached hydrogen (secondary N) is 1. The third-order valence-electron chi connectivity index (χ3n) is 4.68. The molecule has 27 heavy (non-hydrogen) atoms. The zero-order valence-corrected chi connectivity index (χ0v) is 17.2. The predicted octanol–water partition coefficient (Wildman–Crippen LogP) is 2.36. The van der Waals surface area contributed by atoms with Crippen molar-refractivity contribution in [3.05, 3.63) is 39.4 Å². The predicted molar refractivity (Wildman–Crippen MR) is 110 cm³/mol. The van der Waals surface area contributed by atoms with Crippen molar-refractivity contribution in [1.82, 2.24) is 24.7 Å². The molecule has 0 aliphatic carbocycles. The van der Waals surface area contributed by atoms with Crippen LogP contribution in [0, 0.1) is 0 Å². The minimum Gasteiger partial charge on any atom is -0.353 e. The Kier molecular flexibility index (Phi) is 4.41. The van der Waals surface area contributed by atoms with Gasteiger partial charge in [0.2, 0.25) is 5.95 Å². The lowest BCUT2D eigenvalue weighted by Gasteiger charge is -2.35. The van der Waals surface area contributed by atoms with Crippen molar-refractivity contribution >= 4 is 38.7 Å². The van der Waals surface area contributed by atoms with Gasteiger partial charge in [-0.1, -0.05) is 0 Å². The zero-order valence-electron chi connectivity index (χ0n) is 15.6. The van der Waals surface area contributed by atoms with Gasteiger partial charge in [0.05, 0.1) is 11.7 Å². The molecule has 9 heteroatoms. The number of anilines is 2. The van der Waals surface area contributed by atoms with E-state index in [9.17, 15) is 4.79 Å². The summed E-state index contributed by atoms with van der Waals surface area (Å²) in [5.74, 6) is 1.56. The van der Waals surface area contributed by atoms with Crippen LogP contribution in [0.1, 0.15) is 20.8 Å². The molecule has 142 valence electrons. The molecule has 0 amide bonds. The van der Waals surface area contributed by atoms with E-state index in [2.05, 4.69) is 40.8 Å². The molecule has 1 fully saturated rings. The van der Waals surface area contributed by atoms with Gasteiger partial charge in [-0.2, -0.15) is 10.1 Å². The number of piperazine rings is 1. The van der Waals surface area contributed by atoms with Gasteiger partial charge in [-0.3, -0.25) is 9.78 Å². The second kappa shape index (κ2) is 6.63. The fourth-order valence-corrected chi connectivity index (χ4v) is 3.48. The molecule has 1 N–H and O–H groups in total. The van der Waals surface area contributed by atoms with Gasteiger partial charge in [0.15, 0.2) is 5.65 Å². The standard InChI is InChI=1S/C18H22BrN7O/c1-18(2,3)26-15-13(11-21-26)16(27)23-17(22-15)25-8-6-24(7-9-25)14-5-4-12(19)10-20-14/h4-5,10-11H,6-9H2,1-3H3,(H,22,23,27). The molecule has 1 aliphatic heterocycles. The minimum absolute atomic E-state index is 0.150. The molecule has 3 aromatic heterocycles. The smallest absolute Gasteiger partial charge is 0.263 e. The van der Waals surface area contributed by atoms with Crippen LogP contribution >= 0.6 is 15.9 Å². The summed E-state index contributed by atoms with van der Waals surface area (Å²) in [6.07, 6.45) is 3.40. The minimum atomic E-state index is -0.244. The summed E-state index contributed by atoms with van der Waals surface area (Å²) >= 11 is 3.41. The van der Waals surface area contributed by atoms with Crippen LogP contribution < -0.4 is 15.4 Å². The van der Waals surface area contributed by atoms with Crippen LogP contribution in [0.5, 0.6) is 0 Å². The van der Waals surface area contributed by atoms with Crippen molar-refractivity contribution < 1.29 is 0 Å². The van der Waals surface area contributed by atoms with E-state index in [-0.39, 0.29) is 11.1 Å². The van der Waals surface area contributed by atoms with Gasteiger partial charge in [0.25, 0.3) is 5.56 Å². The Labute approximate surface area is 165 Å². The number of hydrogen-bond donors (Lipinski definition) is 1. The number of aromatic nitrogens is 5. The number of nitrogens with zero attached hydrogens (tertiary/aromatic N) is 6. The molecule has 0 bridgehead atoms. The maximum Gasteiger partial charge on any atom is 0.263 e. The Morgan fingerprint density at radius 2 is 1.78 bits per heavy atom. The number of pyridine rings is 1. The van der Waals surface area contributed by atoms with Crippen LogP contribution in [0.4, 0.5) is 11.8 Å². The molecular formula is C18H22BrN7O. The lowest BCUT2D eigenvalue weighted by molar-refractivity contribution is 0.366. The van der Waals surface area contributed by atoms with Crippen LogP contribution in [0.2, 0.25) is 0 Å². The van der Waals surface area contributed by atoms with Crippen LogP contribution in [0.25, 0.3) is 11.0 Å². The highest BCUT2D eigenvalue weighted by Gasteiger charge is 2.23. The molecule has 8 nitrogen and oxygen atoms in total. The Balaban J connectivity index is 1.58. The Morgan fingerprint density at radius 3 is 2.41 bits per heavy atom. The Morgan fingerprint density at radius 1 is 1.07 bits per heavy atom. The van der Waals surface area contributed by atoms with E-state index in [0.717, 1.165) is 36.5 Å². The third kappa shape index (κ3) is 3.43. The fraction of sp³-hybridized carbons (Fsp3) is 0.444. The normalized spacial score (nSPS) is 15.6. The first-order valence-corrected chi connectivity index (χ1v) is 9.72. The fourth-order valence-electron chi connectivity index (χ4n) is 3.25. The van der Waals surface area contributed by atoms with E-state index < -0.39 is 0 Å². The molecule has 0 saturated carbocycles. The first-order valence-electron chi connectivity index (χ1n) is 8.93. The molecular weight excluding hydrogens is 410 g/mol. The van der Waals surface area contributed by atoms with Crippen LogP contribution in [0.3, 0.4) is 0 Å². The van der Waals surface area contributed by atoms with Gasteiger partial charge in [-0.25, -0.2) is 9.67 Å². The van der Waals surface area contributed by atoms with E-state index in [1.165, 1.54) is 0 Å². The van der Waals surface area contributed by atoms with Gasteiger partial charge < -0.3 is 9.80 Å². The van der Waals surface area contributed by atoms with Crippen molar-refractivity contribution in [3.8, 4) is 0 Å². The average molecular weight is 432 g/mol. The summed E-state index contributed by atoms with van der Waals surface area (Å²) in [7, 11) is 0. The van der Waals surface area contributed by atoms with Crippen LogP contribution in [0.15, 0.2) is 33.8 Å². The quantitative estimate of drug-likeness (QED) is 0.670. The largest absolute Gasteiger partial charge is 0.353 e. The first-order chi connectivity index (χ1) is 12.8. The number of aromatic amines is 1. The SMILES string of the molecule is CC(C)(C)n1ncc2c(=O)[nH]c(N3CCN(c4ccc(Br)cn4)CC3)nc21. The average Bonchev–Trinajstić information content (AvgIpc) is 3.07. The zero-order chi connectivity index (χ0) is 19.2. The summed E-state index contributed by atoms with van der Waals surface area (Å²) < 4.78 is 2.78. The Bertz CT molecular complexity index is 1010. The molecule has 0 aromatic carbocycles. The molecule has 4 heterocycles. The van der Waals surface area contributed by atoms with Gasteiger partial charge in [-0.05, 0) is 48.8 Å². The monoisotopic (exact) mass is 431 g/mol. The number of fused-ring (bicyclic) bond motifs is 1. The molecule has 0 spiro atoms. The molecule has 1 saturated heterocycles. The lowest BCUT2D eigenvalue weighted by atomic mass is 10.1. The van der Waals surface area contributed by atoms with E-state index >= 15 is 0 Å². The summed E-state index contributed by atoms with van der Waals surface area (Å²) in [5.41, 5.74) is 0.229. The van der Waals surface area contributed by atoms with Crippen molar-refractivity contribution in [1.29, 1.82) is 0 Å². The van der Waals surface area contributed by atoms with Crippen molar-refractivity contribution in [2.75, 3.05) is 36.0 Å². The van der Waals surface area contributed by atoms with E-state index in [1.807, 2.05) is 43.8 Å². The second-order valence-electron chi connectivity index (χ2n) is 7.66. The summed E-state index contributed by atoms with van der Waals surface area (Å²) in [5, 5.41) is 4.89. The summed E-state index contributed by atoms with van der Waals surface area (Å²) in [4.78, 5) is 28.9. The number of halogens is 1. The molecule has 0 unspecified atom stereocenters. The van der Waals surface area contributed by atoms with E-state index in [1.54, 1.807) is 6.20 Å². The summed E-state index contributed by atoms with van der Waals surface area (Å²) in [6.45, 7) is 9.29. The van der Waals surface area contributed by atoms with Crippen molar-refractivity contribution in [3.63, 3.8) is 0 Å². The maximum atomic E-state index is 12.5. The second-order valence-corrected chi connectivity index (χ2v) is 8.58. The molecule has 4 rings (SSSR count). The van der Waals surface area contributed by atoms with E-state index in [0.29, 0.717) is 17.0 Å². The van der Waals surface area contributed by atoms with E-state index in [4.69, 9.17) is 4.98 Å². The maximum absolute atomic E-state index is 12.5. The third-order valence-corrected chi connectivity index (χ3v) is 5.15.